The van der Waals surface area contributed by atoms with Gasteiger partial charge < -0.3 is 5.73 Å². The minimum atomic E-state index is -0.720. The predicted octanol–water partition coefficient (Wildman–Crippen LogP) is 1.96. The van der Waals surface area contributed by atoms with Gasteiger partial charge in [-0.25, -0.2) is 4.98 Å². The van der Waals surface area contributed by atoms with E-state index in [0.717, 1.165) is 22.7 Å². The van der Waals surface area contributed by atoms with E-state index in [1.807, 2.05) is 61.6 Å². The number of hydrogen-bond acceptors (Lipinski definition) is 4. The highest BCUT2D eigenvalue weighted by molar-refractivity contribution is 5.43. The van der Waals surface area contributed by atoms with Crippen LogP contribution in [0.2, 0.25) is 0 Å². The van der Waals surface area contributed by atoms with Gasteiger partial charge in [-0.05, 0) is 26.3 Å². The van der Waals surface area contributed by atoms with Gasteiger partial charge in [0.1, 0.15) is 5.82 Å². The van der Waals surface area contributed by atoms with Crippen LogP contribution in [0.4, 0.5) is 0 Å². The highest BCUT2D eigenvalue weighted by atomic mass is 15.3. The Kier molecular flexibility index (Phi) is 2.79. The number of aromatic nitrogens is 4. The highest BCUT2D eigenvalue weighted by Crippen LogP contribution is 2.25. The van der Waals surface area contributed by atoms with Crippen LogP contribution in [0.3, 0.4) is 0 Å². The van der Waals surface area contributed by atoms with Crippen molar-refractivity contribution in [1.82, 2.24) is 19.6 Å². The van der Waals surface area contributed by atoms with Crippen LogP contribution in [0.15, 0.2) is 36.4 Å². The van der Waals surface area contributed by atoms with Gasteiger partial charge in [-0.15, -0.1) is 10.2 Å². The molecule has 3 rings (SSSR count). The van der Waals surface area contributed by atoms with Crippen LogP contribution in [0.1, 0.15) is 29.8 Å². The van der Waals surface area contributed by atoms with Gasteiger partial charge in [-0.1, -0.05) is 30.3 Å². The molecule has 0 amide bonds. The molecule has 1 atom stereocenters. The van der Waals surface area contributed by atoms with Crippen LogP contribution in [-0.4, -0.2) is 19.6 Å². The SMILES string of the molecule is Cc1cc2nnc(C(C)(N)c3ccccc3)n2c(C)n1. The Labute approximate surface area is 117 Å². The lowest BCUT2D eigenvalue weighted by atomic mass is 9.92. The van der Waals surface area contributed by atoms with E-state index >= 15 is 0 Å². The topological polar surface area (TPSA) is 69.1 Å². The lowest BCUT2D eigenvalue weighted by Crippen LogP contribution is -2.36. The lowest BCUT2D eigenvalue weighted by molar-refractivity contribution is 0.546. The molecule has 0 radical (unpaired) electrons. The maximum atomic E-state index is 6.53. The van der Waals surface area contributed by atoms with E-state index in [2.05, 4.69) is 15.2 Å². The standard InChI is InChI=1S/C15H17N5/c1-10-9-13-18-19-14(20(13)11(2)17-10)15(3,16)12-7-5-4-6-8-12/h4-9H,16H2,1-3H3. The van der Waals surface area contributed by atoms with Gasteiger partial charge in [-0.2, -0.15) is 0 Å². The first kappa shape index (κ1) is 12.7. The Morgan fingerprint density at radius 3 is 2.50 bits per heavy atom. The summed E-state index contributed by atoms with van der Waals surface area (Å²) < 4.78 is 1.92. The second-order valence-electron chi connectivity index (χ2n) is 5.23. The average molecular weight is 267 g/mol. The molecule has 0 aliphatic carbocycles. The third-order valence-corrected chi connectivity index (χ3v) is 3.53. The summed E-state index contributed by atoms with van der Waals surface area (Å²) in [7, 11) is 0. The van der Waals surface area contributed by atoms with Crippen LogP contribution in [-0.2, 0) is 5.54 Å². The first-order valence-electron chi connectivity index (χ1n) is 6.54. The molecule has 0 saturated heterocycles. The van der Waals surface area contributed by atoms with Gasteiger partial charge in [0.05, 0.1) is 5.54 Å². The number of nitrogens with two attached hydrogens (primary N) is 1. The quantitative estimate of drug-likeness (QED) is 0.770. The van der Waals surface area contributed by atoms with Crippen molar-refractivity contribution < 1.29 is 0 Å². The molecular weight excluding hydrogens is 250 g/mol. The number of hydrogen-bond donors (Lipinski definition) is 1. The molecule has 1 aromatic carbocycles. The fraction of sp³-hybridized carbons (Fsp3) is 0.267. The Hall–Kier alpha value is -2.27. The summed E-state index contributed by atoms with van der Waals surface area (Å²) in [5.41, 5.74) is 8.50. The molecule has 2 N–H and O–H groups in total. The molecule has 2 aromatic heterocycles. The van der Waals surface area contributed by atoms with Crippen molar-refractivity contribution in [3.05, 3.63) is 59.3 Å². The Bertz CT molecular complexity index is 759. The van der Waals surface area contributed by atoms with E-state index in [1.165, 1.54) is 0 Å². The van der Waals surface area contributed by atoms with Crippen LogP contribution in [0.25, 0.3) is 5.65 Å². The molecule has 5 nitrogen and oxygen atoms in total. The molecule has 0 bridgehead atoms. The maximum absolute atomic E-state index is 6.53. The molecule has 0 spiro atoms. The first-order chi connectivity index (χ1) is 9.50. The van der Waals surface area contributed by atoms with Crippen LogP contribution in [0.5, 0.6) is 0 Å². The number of fused-ring (bicyclic) bond motifs is 1. The summed E-state index contributed by atoms with van der Waals surface area (Å²) in [6, 6.07) is 11.8. The van der Waals surface area contributed by atoms with Crippen molar-refractivity contribution in [3.63, 3.8) is 0 Å². The summed E-state index contributed by atoms with van der Waals surface area (Å²) in [5.74, 6) is 1.54. The second kappa shape index (κ2) is 4.38. The van der Waals surface area contributed by atoms with Crippen molar-refractivity contribution in [1.29, 1.82) is 0 Å². The molecule has 0 fully saturated rings. The number of aryl methyl sites for hydroxylation is 2. The predicted molar refractivity (Wildman–Crippen MR) is 77.3 cm³/mol. The zero-order chi connectivity index (χ0) is 14.3. The van der Waals surface area contributed by atoms with Gasteiger partial charge in [0.25, 0.3) is 0 Å². The Balaban J connectivity index is 2.25. The van der Waals surface area contributed by atoms with Crippen LogP contribution < -0.4 is 5.73 Å². The Morgan fingerprint density at radius 1 is 1.10 bits per heavy atom. The Morgan fingerprint density at radius 2 is 1.80 bits per heavy atom. The first-order valence-corrected chi connectivity index (χ1v) is 6.54. The summed E-state index contributed by atoms with van der Waals surface area (Å²) in [5, 5.41) is 8.52. The zero-order valence-corrected chi connectivity index (χ0v) is 11.8. The van der Waals surface area contributed by atoms with Gasteiger partial charge in [-0.3, -0.25) is 4.40 Å². The van der Waals surface area contributed by atoms with Crippen molar-refractivity contribution in [2.24, 2.45) is 5.73 Å². The molecular formula is C15H17N5. The summed E-state index contributed by atoms with van der Waals surface area (Å²) in [4.78, 5) is 4.47. The normalized spacial score (nSPS) is 14.4. The summed E-state index contributed by atoms with van der Waals surface area (Å²) in [6.45, 7) is 5.83. The summed E-state index contributed by atoms with van der Waals surface area (Å²) in [6.07, 6.45) is 0. The minimum Gasteiger partial charge on any atom is -0.315 e. The van der Waals surface area contributed by atoms with Crippen molar-refractivity contribution >= 4 is 5.65 Å². The second-order valence-corrected chi connectivity index (χ2v) is 5.23. The molecule has 0 saturated carbocycles. The highest BCUT2D eigenvalue weighted by Gasteiger charge is 2.30. The van der Waals surface area contributed by atoms with E-state index in [1.54, 1.807) is 0 Å². The third-order valence-electron chi connectivity index (χ3n) is 3.53. The number of rotatable bonds is 2. The third kappa shape index (κ3) is 1.87. The average Bonchev–Trinajstić information content (AvgIpc) is 2.84. The molecule has 0 aliphatic heterocycles. The fourth-order valence-electron chi connectivity index (χ4n) is 2.48. The smallest absolute Gasteiger partial charge is 0.164 e. The zero-order valence-electron chi connectivity index (χ0n) is 11.8. The van der Waals surface area contributed by atoms with Gasteiger partial charge in [0.2, 0.25) is 0 Å². The van der Waals surface area contributed by atoms with Crippen molar-refractivity contribution in [3.8, 4) is 0 Å². The molecule has 1 unspecified atom stereocenters. The van der Waals surface area contributed by atoms with Crippen molar-refractivity contribution in [2.75, 3.05) is 0 Å². The minimum absolute atomic E-state index is 0.698. The molecule has 0 aliphatic rings. The molecule has 2 heterocycles. The van der Waals surface area contributed by atoms with Crippen molar-refractivity contribution in [2.45, 2.75) is 26.3 Å². The monoisotopic (exact) mass is 267 g/mol. The van der Waals surface area contributed by atoms with E-state index in [9.17, 15) is 0 Å². The van der Waals surface area contributed by atoms with Crippen LogP contribution >= 0.6 is 0 Å². The molecule has 3 aromatic rings. The fourth-order valence-corrected chi connectivity index (χ4v) is 2.48. The molecule has 20 heavy (non-hydrogen) atoms. The van der Waals surface area contributed by atoms with E-state index in [-0.39, 0.29) is 0 Å². The van der Waals surface area contributed by atoms with Gasteiger partial charge in [0.15, 0.2) is 11.5 Å². The van der Waals surface area contributed by atoms with E-state index in [0.29, 0.717) is 5.82 Å². The number of benzene rings is 1. The van der Waals surface area contributed by atoms with Crippen LogP contribution in [0, 0.1) is 13.8 Å². The van der Waals surface area contributed by atoms with E-state index in [4.69, 9.17) is 5.73 Å². The molecule has 5 heteroatoms. The number of nitrogens with zero attached hydrogens (tertiary/aromatic N) is 4. The van der Waals surface area contributed by atoms with Gasteiger partial charge in [0, 0.05) is 11.8 Å². The van der Waals surface area contributed by atoms with E-state index < -0.39 is 5.54 Å². The molecule has 102 valence electrons. The lowest BCUT2D eigenvalue weighted by Gasteiger charge is -2.23. The van der Waals surface area contributed by atoms with Gasteiger partial charge >= 0.3 is 0 Å². The summed E-state index contributed by atoms with van der Waals surface area (Å²) >= 11 is 0. The maximum Gasteiger partial charge on any atom is 0.164 e. The largest absolute Gasteiger partial charge is 0.315 e.